The van der Waals surface area contributed by atoms with E-state index in [0.717, 1.165) is 0 Å². The molecule has 1 unspecified atom stereocenters. The van der Waals surface area contributed by atoms with E-state index in [1.54, 1.807) is 42.5 Å². The standard InChI is InChI=1S/C36H44O12P2/c1-22(31(23-10-12-24(41-6)13-11-23)49(39)45-18-35(2,3)19-46-49)16-28-30(34(38)44-9)29(33(37)43-8)27-17-25(42-7)14-15-26(27)32(28)50(40)47-20-36(4,5)21-48-50/h10-15,17,31H,1,16,18-21H2,2-9H3. The van der Waals surface area contributed by atoms with Gasteiger partial charge in [-0.2, -0.15) is 0 Å². The number of esters is 2. The zero-order chi connectivity index (χ0) is 36.6. The van der Waals surface area contributed by atoms with Crippen LogP contribution >= 0.6 is 15.2 Å². The van der Waals surface area contributed by atoms with Crippen LogP contribution in [0.15, 0.2) is 54.6 Å². The van der Waals surface area contributed by atoms with Crippen molar-refractivity contribution in [2.45, 2.75) is 39.8 Å². The molecule has 2 saturated heterocycles. The van der Waals surface area contributed by atoms with Crippen LogP contribution in [0, 0.1) is 10.8 Å². The van der Waals surface area contributed by atoms with E-state index in [2.05, 4.69) is 6.58 Å². The lowest BCUT2D eigenvalue weighted by Crippen LogP contribution is -2.34. The van der Waals surface area contributed by atoms with Gasteiger partial charge in [-0.15, -0.1) is 0 Å². The Kier molecular flexibility index (Phi) is 10.8. The first kappa shape index (κ1) is 37.7. The minimum Gasteiger partial charge on any atom is -0.497 e. The molecule has 3 aromatic rings. The number of ether oxygens (including phenoxy) is 4. The number of carbonyl (C=O) groups excluding carboxylic acids is 2. The second-order valence-electron chi connectivity index (χ2n) is 13.9. The Morgan fingerprint density at radius 3 is 1.76 bits per heavy atom. The molecular formula is C36H44O12P2. The Morgan fingerprint density at radius 1 is 0.740 bits per heavy atom. The summed E-state index contributed by atoms with van der Waals surface area (Å²) in [4.78, 5) is 27.5. The van der Waals surface area contributed by atoms with E-state index in [0.29, 0.717) is 22.4 Å². The van der Waals surface area contributed by atoms with Gasteiger partial charge in [0.05, 0.1) is 71.3 Å². The van der Waals surface area contributed by atoms with Gasteiger partial charge < -0.3 is 37.0 Å². The molecule has 14 heteroatoms. The smallest absolute Gasteiger partial charge is 0.362 e. The molecule has 1 atom stereocenters. The molecule has 2 aliphatic heterocycles. The van der Waals surface area contributed by atoms with Crippen molar-refractivity contribution in [2.24, 2.45) is 10.8 Å². The lowest BCUT2D eigenvalue weighted by molar-refractivity contribution is 0.0389. The highest BCUT2D eigenvalue weighted by atomic mass is 31.2. The van der Waals surface area contributed by atoms with Crippen molar-refractivity contribution in [3.05, 3.63) is 76.9 Å². The maximum absolute atomic E-state index is 15.0. The Morgan fingerprint density at radius 2 is 1.24 bits per heavy atom. The SMILES string of the molecule is C=C(Cc1c(C(=O)OC)c(C(=O)OC)c2cc(OC)ccc2c1P1(=O)OCC(C)(C)CO1)C(c1ccc(OC)cc1)P1(=O)OCC(C)(C)CO1. The molecule has 2 aliphatic rings. The molecular weight excluding hydrogens is 686 g/mol. The second kappa shape index (κ2) is 14.3. The maximum atomic E-state index is 15.0. The van der Waals surface area contributed by atoms with E-state index in [4.69, 9.17) is 37.0 Å². The summed E-state index contributed by atoms with van der Waals surface area (Å²) in [5.74, 6) is -0.840. The first-order valence-electron chi connectivity index (χ1n) is 16.0. The van der Waals surface area contributed by atoms with Crippen LogP contribution in [0.25, 0.3) is 10.8 Å². The average molecular weight is 731 g/mol. The van der Waals surface area contributed by atoms with Crippen LogP contribution in [0.2, 0.25) is 0 Å². The summed E-state index contributed by atoms with van der Waals surface area (Å²) in [6.45, 7) is 12.5. The third-order valence-electron chi connectivity index (χ3n) is 8.70. The number of allylic oxidation sites excluding steroid dienone is 1. The summed E-state index contributed by atoms with van der Waals surface area (Å²) in [6.07, 6.45) is -0.247. The minimum absolute atomic E-state index is 0.0400. The molecule has 3 aromatic carbocycles. The molecule has 5 rings (SSSR count). The fourth-order valence-corrected chi connectivity index (χ4v) is 10.9. The summed E-state index contributed by atoms with van der Waals surface area (Å²) in [6, 6.07) is 11.7. The summed E-state index contributed by atoms with van der Waals surface area (Å²) in [5.41, 5.74) is -1.41. The number of hydrogen-bond acceptors (Lipinski definition) is 12. The van der Waals surface area contributed by atoms with E-state index in [-0.39, 0.29) is 65.8 Å². The Bertz CT molecular complexity index is 1890. The van der Waals surface area contributed by atoms with Crippen LogP contribution in [-0.4, -0.2) is 66.8 Å². The van der Waals surface area contributed by atoms with Gasteiger partial charge in [0, 0.05) is 16.2 Å². The van der Waals surface area contributed by atoms with Gasteiger partial charge in [-0.05, 0) is 53.3 Å². The van der Waals surface area contributed by atoms with E-state index >= 15 is 0 Å². The molecule has 0 amide bonds. The highest BCUT2D eigenvalue weighted by Crippen LogP contribution is 2.67. The van der Waals surface area contributed by atoms with Crippen LogP contribution in [-0.2, 0) is 43.1 Å². The van der Waals surface area contributed by atoms with E-state index < -0.39 is 43.6 Å². The molecule has 0 spiro atoms. The van der Waals surface area contributed by atoms with E-state index in [1.165, 1.54) is 28.4 Å². The van der Waals surface area contributed by atoms with Crippen molar-refractivity contribution in [3.8, 4) is 11.5 Å². The van der Waals surface area contributed by atoms with Gasteiger partial charge in [0.15, 0.2) is 0 Å². The van der Waals surface area contributed by atoms with E-state index in [1.807, 2.05) is 27.7 Å². The highest BCUT2D eigenvalue weighted by Gasteiger charge is 2.47. The van der Waals surface area contributed by atoms with Gasteiger partial charge in [0.25, 0.3) is 0 Å². The molecule has 0 N–H and O–H groups in total. The molecule has 2 fully saturated rings. The molecule has 12 nitrogen and oxygen atoms in total. The normalized spacial score (nSPS) is 19.6. The van der Waals surface area contributed by atoms with Gasteiger partial charge >= 0.3 is 27.1 Å². The predicted molar refractivity (Wildman–Crippen MR) is 188 cm³/mol. The van der Waals surface area contributed by atoms with Crippen LogP contribution < -0.4 is 14.8 Å². The molecule has 0 saturated carbocycles. The van der Waals surface area contributed by atoms with Gasteiger partial charge in [-0.1, -0.05) is 52.0 Å². The highest BCUT2D eigenvalue weighted by molar-refractivity contribution is 7.63. The monoisotopic (exact) mass is 730 g/mol. The van der Waals surface area contributed by atoms with Crippen molar-refractivity contribution in [1.29, 1.82) is 0 Å². The van der Waals surface area contributed by atoms with Crippen LogP contribution in [0.4, 0.5) is 0 Å². The first-order valence-corrected chi connectivity index (χ1v) is 19.1. The maximum Gasteiger partial charge on any atom is 0.362 e. The van der Waals surface area contributed by atoms with Gasteiger partial charge in [0.1, 0.15) is 17.2 Å². The quantitative estimate of drug-likeness (QED) is 0.116. The Labute approximate surface area is 292 Å². The van der Waals surface area contributed by atoms with E-state index in [9.17, 15) is 18.7 Å². The fraction of sp³-hybridized carbons (Fsp3) is 0.444. The molecule has 0 radical (unpaired) electrons. The number of methoxy groups -OCH3 is 4. The molecule has 2 heterocycles. The average Bonchev–Trinajstić information content (AvgIpc) is 3.10. The van der Waals surface area contributed by atoms with Crippen molar-refractivity contribution in [3.63, 3.8) is 0 Å². The third kappa shape index (κ3) is 7.29. The number of fused-ring (bicyclic) bond motifs is 1. The molecule has 0 aliphatic carbocycles. The van der Waals surface area contributed by atoms with Crippen molar-refractivity contribution >= 4 is 43.2 Å². The Balaban J connectivity index is 1.82. The zero-order valence-electron chi connectivity index (χ0n) is 29.7. The summed E-state index contributed by atoms with van der Waals surface area (Å²) >= 11 is 0. The molecule has 0 bridgehead atoms. The molecule has 0 aromatic heterocycles. The van der Waals surface area contributed by atoms with Crippen molar-refractivity contribution < 1.29 is 55.8 Å². The fourth-order valence-electron chi connectivity index (χ4n) is 5.99. The predicted octanol–water partition coefficient (Wildman–Crippen LogP) is 7.43. The lowest BCUT2D eigenvalue weighted by atomic mass is 9.89. The largest absolute Gasteiger partial charge is 0.497 e. The van der Waals surface area contributed by atoms with Crippen LogP contribution in [0.3, 0.4) is 0 Å². The topological polar surface area (TPSA) is 142 Å². The lowest BCUT2D eigenvalue weighted by Gasteiger charge is -2.38. The van der Waals surface area contributed by atoms with Crippen LogP contribution in [0.5, 0.6) is 11.5 Å². The van der Waals surface area contributed by atoms with Crippen molar-refractivity contribution in [1.82, 2.24) is 0 Å². The molecule has 270 valence electrons. The number of hydrogen-bond donors (Lipinski definition) is 0. The number of benzene rings is 3. The number of rotatable bonds is 10. The summed E-state index contributed by atoms with van der Waals surface area (Å²) in [5, 5.41) is 0.538. The van der Waals surface area contributed by atoms with Crippen molar-refractivity contribution in [2.75, 3.05) is 54.9 Å². The van der Waals surface area contributed by atoms with Gasteiger partial charge in [0.2, 0.25) is 0 Å². The second-order valence-corrected chi connectivity index (χ2v) is 18.0. The Hall–Kier alpha value is -3.50. The summed E-state index contributed by atoms with van der Waals surface area (Å²) in [7, 11) is -2.84. The number of carbonyl (C=O) groups is 2. The zero-order valence-corrected chi connectivity index (χ0v) is 31.4. The minimum atomic E-state index is -4.21. The van der Waals surface area contributed by atoms with Gasteiger partial charge in [-0.3, -0.25) is 9.13 Å². The summed E-state index contributed by atoms with van der Waals surface area (Å²) < 4.78 is 75.1. The first-order chi connectivity index (χ1) is 23.5. The third-order valence-corrected chi connectivity index (χ3v) is 13.0. The van der Waals surface area contributed by atoms with Gasteiger partial charge in [-0.25, -0.2) is 9.59 Å². The van der Waals surface area contributed by atoms with Crippen LogP contribution in [0.1, 0.15) is 65.2 Å². The molecule has 50 heavy (non-hydrogen) atoms.